The Balaban J connectivity index is 1.92. The molecule has 0 aliphatic heterocycles. The summed E-state index contributed by atoms with van der Waals surface area (Å²) in [5.41, 5.74) is 15.6. The van der Waals surface area contributed by atoms with Gasteiger partial charge in [0.2, 0.25) is 0 Å². The molecule has 0 fully saturated rings. The summed E-state index contributed by atoms with van der Waals surface area (Å²) >= 11 is 0. The summed E-state index contributed by atoms with van der Waals surface area (Å²) in [7, 11) is 0. The lowest BCUT2D eigenvalue weighted by Crippen LogP contribution is -2.04. The van der Waals surface area contributed by atoms with Crippen LogP contribution in [0.15, 0.2) is 42.1 Å². The molecule has 0 aliphatic carbocycles. The number of fused-ring (bicyclic) bond motifs is 1. The number of hydrogen-bond acceptors (Lipinski definition) is 2. The normalized spacial score (nSPS) is 14.3. The molecule has 1 atom stereocenters. The van der Waals surface area contributed by atoms with Crippen LogP contribution >= 0.6 is 0 Å². The smallest absolute Gasteiger partial charge is 0.137 e. The van der Waals surface area contributed by atoms with Gasteiger partial charge in [-0.1, -0.05) is 60.6 Å². The molecule has 0 spiro atoms. The maximum atomic E-state index is 6.50. The van der Waals surface area contributed by atoms with Crippen LogP contribution in [0.5, 0.6) is 0 Å². The van der Waals surface area contributed by atoms with Gasteiger partial charge in [-0.05, 0) is 66.0 Å². The van der Waals surface area contributed by atoms with Gasteiger partial charge < -0.3 is 15.7 Å². The Kier molecular flexibility index (Phi) is 7.33. The standard InChI is InChI=1S/C28H40N4/c1-9-20(16(2)3)13-24(18(6)7)27-25(29)14-21(31-27)12-19(8)26-15-23(17(4)5)22-10-11-30-28(22)32-26/h9-11,13-19,31H,12,29H2,1-8H3,(H,30,32)/b20-9+,24-13-. The summed E-state index contributed by atoms with van der Waals surface area (Å²) in [6, 6.07) is 6.50. The van der Waals surface area contributed by atoms with E-state index in [9.17, 15) is 0 Å². The molecular formula is C28H40N4. The fraction of sp³-hybridized carbons (Fsp3) is 0.464. The molecule has 1 unspecified atom stereocenters. The first-order chi connectivity index (χ1) is 15.1. The van der Waals surface area contributed by atoms with E-state index in [-0.39, 0.29) is 5.92 Å². The number of hydrogen-bond donors (Lipinski definition) is 3. The number of nitrogen functional groups attached to an aromatic ring is 1. The molecule has 4 heteroatoms. The first-order valence-electron chi connectivity index (χ1n) is 12.0. The Morgan fingerprint density at radius 2 is 1.78 bits per heavy atom. The summed E-state index contributed by atoms with van der Waals surface area (Å²) in [6.07, 6.45) is 7.35. The van der Waals surface area contributed by atoms with E-state index in [0.717, 1.165) is 34.8 Å². The Hall–Kier alpha value is -2.75. The van der Waals surface area contributed by atoms with Crippen molar-refractivity contribution in [2.75, 3.05) is 5.73 Å². The zero-order chi connectivity index (χ0) is 23.6. The van der Waals surface area contributed by atoms with E-state index in [1.807, 2.05) is 6.20 Å². The highest BCUT2D eigenvalue weighted by Crippen LogP contribution is 2.33. The minimum absolute atomic E-state index is 0.277. The van der Waals surface area contributed by atoms with Crippen LogP contribution in [0, 0.1) is 11.8 Å². The van der Waals surface area contributed by atoms with E-state index in [4.69, 9.17) is 10.7 Å². The maximum Gasteiger partial charge on any atom is 0.137 e. The Labute approximate surface area is 193 Å². The molecule has 4 nitrogen and oxygen atoms in total. The molecule has 0 amide bonds. The first-order valence-corrected chi connectivity index (χ1v) is 12.0. The SMILES string of the molecule is C/C=C(\C=C(/c1[nH]c(CC(C)c2cc(C(C)C)c3cc[nH]c3n2)cc1N)C(C)C)C(C)C. The van der Waals surface area contributed by atoms with Crippen molar-refractivity contribution in [2.45, 2.75) is 73.6 Å². The van der Waals surface area contributed by atoms with Gasteiger partial charge >= 0.3 is 0 Å². The number of aromatic amines is 2. The molecule has 3 heterocycles. The van der Waals surface area contributed by atoms with E-state index in [0.29, 0.717) is 17.8 Å². The van der Waals surface area contributed by atoms with Crippen LogP contribution in [0.1, 0.15) is 89.9 Å². The monoisotopic (exact) mass is 432 g/mol. The largest absolute Gasteiger partial charge is 0.397 e. The topological polar surface area (TPSA) is 70.5 Å². The van der Waals surface area contributed by atoms with Gasteiger partial charge in [-0.15, -0.1) is 0 Å². The fourth-order valence-electron chi connectivity index (χ4n) is 4.42. The molecule has 3 rings (SSSR count). The maximum absolute atomic E-state index is 6.50. The van der Waals surface area contributed by atoms with E-state index in [2.05, 4.69) is 95.7 Å². The lowest BCUT2D eigenvalue weighted by atomic mass is 9.93. The van der Waals surface area contributed by atoms with Crippen molar-refractivity contribution >= 4 is 22.3 Å². The first kappa shape index (κ1) is 23.9. The van der Waals surface area contributed by atoms with Gasteiger partial charge in [0.1, 0.15) is 5.65 Å². The van der Waals surface area contributed by atoms with Gasteiger partial charge in [-0.3, -0.25) is 0 Å². The van der Waals surface area contributed by atoms with E-state index >= 15 is 0 Å². The van der Waals surface area contributed by atoms with Crippen LogP contribution in [0.25, 0.3) is 16.6 Å². The molecule has 0 saturated heterocycles. The molecule has 3 aromatic heterocycles. The number of aromatic nitrogens is 3. The molecule has 0 saturated carbocycles. The number of allylic oxidation sites excluding steroid dienone is 4. The van der Waals surface area contributed by atoms with Crippen LogP contribution in [-0.4, -0.2) is 15.0 Å². The molecule has 3 aromatic rings. The molecule has 172 valence electrons. The highest BCUT2D eigenvalue weighted by Gasteiger charge is 2.18. The van der Waals surface area contributed by atoms with Crippen molar-refractivity contribution < 1.29 is 0 Å². The summed E-state index contributed by atoms with van der Waals surface area (Å²) in [4.78, 5) is 11.9. The van der Waals surface area contributed by atoms with Crippen molar-refractivity contribution in [3.63, 3.8) is 0 Å². The number of nitrogens with zero attached hydrogens (tertiary/aromatic N) is 1. The second-order valence-electron chi connectivity index (χ2n) is 9.96. The quantitative estimate of drug-likeness (QED) is 0.321. The van der Waals surface area contributed by atoms with Gasteiger partial charge in [0.15, 0.2) is 0 Å². The summed E-state index contributed by atoms with van der Waals surface area (Å²) in [5, 5.41) is 1.22. The molecule has 0 aromatic carbocycles. The molecule has 32 heavy (non-hydrogen) atoms. The number of nitrogens with two attached hydrogens (primary N) is 1. The van der Waals surface area contributed by atoms with Crippen LogP contribution in [0.3, 0.4) is 0 Å². The Bertz CT molecular complexity index is 1120. The molecule has 0 bridgehead atoms. The van der Waals surface area contributed by atoms with Crippen LogP contribution in [0.4, 0.5) is 5.69 Å². The average molecular weight is 433 g/mol. The highest BCUT2D eigenvalue weighted by atomic mass is 14.9. The molecular weight excluding hydrogens is 392 g/mol. The van der Waals surface area contributed by atoms with Gasteiger partial charge in [-0.2, -0.15) is 0 Å². The van der Waals surface area contributed by atoms with Gasteiger partial charge in [0.05, 0.1) is 11.4 Å². The Morgan fingerprint density at radius 1 is 1.06 bits per heavy atom. The number of rotatable bonds is 8. The third-order valence-electron chi connectivity index (χ3n) is 6.37. The van der Waals surface area contributed by atoms with Gasteiger partial charge in [0, 0.05) is 28.9 Å². The third kappa shape index (κ3) is 5.01. The lowest BCUT2D eigenvalue weighted by Gasteiger charge is -2.16. The zero-order valence-corrected chi connectivity index (χ0v) is 21.0. The van der Waals surface area contributed by atoms with Crippen molar-refractivity contribution in [1.29, 1.82) is 0 Å². The van der Waals surface area contributed by atoms with Gasteiger partial charge in [-0.25, -0.2) is 4.98 Å². The van der Waals surface area contributed by atoms with Crippen molar-refractivity contribution in [3.8, 4) is 0 Å². The van der Waals surface area contributed by atoms with Crippen LogP contribution < -0.4 is 5.73 Å². The summed E-state index contributed by atoms with van der Waals surface area (Å²) in [6.45, 7) is 17.7. The number of pyridine rings is 1. The minimum Gasteiger partial charge on any atom is -0.397 e. The zero-order valence-electron chi connectivity index (χ0n) is 21.0. The second kappa shape index (κ2) is 9.81. The highest BCUT2D eigenvalue weighted by molar-refractivity contribution is 5.80. The summed E-state index contributed by atoms with van der Waals surface area (Å²) < 4.78 is 0. The van der Waals surface area contributed by atoms with E-state index in [1.54, 1.807) is 0 Å². The predicted molar refractivity (Wildman–Crippen MR) is 139 cm³/mol. The number of anilines is 1. The van der Waals surface area contributed by atoms with Crippen LogP contribution in [0.2, 0.25) is 0 Å². The van der Waals surface area contributed by atoms with Crippen molar-refractivity contribution in [2.24, 2.45) is 11.8 Å². The average Bonchev–Trinajstić information content (AvgIpc) is 3.33. The van der Waals surface area contributed by atoms with E-state index < -0.39 is 0 Å². The molecule has 0 aliphatic rings. The summed E-state index contributed by atoms with van der Waals surface area (Å²) in [5.74, 6) is 1.59. The minimum atomic E-state index is 0.277. The number of nitrogens with one attached hydrogen (secondary N) is 2. The number of H-pyrrole nitrogens is 2. The van der Waals surface area contributed by atoms with Crippen molar-refractivity contribution in [3.05, 3.63) is 64.8 Å². The molecule has 0 radical (unpaired) electrons. The lowest BCUT2D eigenvalue weighted by molar-refractivity contribution is 0.716. The van der Waals surface area contributed by atoms with Crippen LogP contribution in [-0.2, 0) is 6.42 Å². The molecule has 4 N–H and O–H groups in total. The Morgan fingerprint density at radius 3 is 2.38 bits per heavy atom. The van der Waals surface area contributed by atoms with Gasteiger partial charge in [0.25, 0.3) is 0 Å². The third-order valence-corrected chi connectivity index (χ3v) is 6.37. The fourth-order valence-corrected chi connectivity index (χ4v) is 4.42. The van der Waals surface area contributed by atoms with Crippen molar-refractivity contribution in [1.82, 2.24) is 15.0 Å². The predicted octanol–water partition coefficient (Wildman–Crippen LogP) is 7.58. The van der Waals surface area contributed by atoms with E-state index in [1.165, 1.54) is 22.1 Å². The second-order valence-corrected chi connectivity index (χ2v) is 9.96.